The number of aryl methyl sites for hydroxylation is 1. The smallest absolute Gasteiger partial charge is 0.145 e. The summed E-state index contributed by atoms with van der Waals surface area (Å²) in [5.74, 6) is 0.857. The molecule has 35 heavy (non-hydrogen) atoms. The number of benzene rings is 2. The molecule has 2 aromatic carbocycles. The number of pyridine rings is 1. The molecular formula is C30H25N3O2. The van der Waals surface area contributed by atoms with E-state index in [-0.39, 0.29) is 11.7 Å². The van der Waals surface area contributed by atoms with Crippen LogP contribution in [0.3, 0.4) is 0 Å². The normalized spacial score (nSPS) is 12.8. The molecule has 0 atom stereocenters. The Morgan fingerprint density at radius 1 is 0.943 bits per heavy atom. The minimum Gasteiger partial charge on any atom is -0.469 e. The minimum atomic E-state index is -0.231. The van der Waals surface area contributed by atoms with E-state index >= 15 is 0 Å². The maximum absolute atomic E-state index is 13.7. The lowest BCUT2D eigenvalue weighted by molar-refractivity contribution is -0.119. The van der Waals surface area contributed by atoms with Gasteiger partial charge in [0.05, 0.1) is 17.9 Å². The summed E-state index contributed by atoms with van der Waals surface area (Å²) in [5, 5.41) is 7.82. The Balaban J connectivity index is 1.31. The van der Waals surface area contributed by atoms with Crippen molar-refractivity contribution in [3.05, 3.63) is 131 Å². The van der Waals surface area contributed by atoms with Crippen molar-refractivity contribution in [3.63, 3.8) is 0 Å². The van der Waals surface area contributed by atoms with Crippen molar-refractivity contribution in [1.82, 2.24) is 15.2 Å². The first-order chi connectivity index (χ1) is 17.3. The highest BCUT2D eigenvalue weighted by Gasteiger charge is 2.30. The summed E-state index contributed by atoms with van der Waals surface area (Å²) >= 11 is 0. The van der Waals surface area contributed by atoms with Crippen LogP contribution in [0.4, 0.5) is 0 Å². The van der Waals surface area contributed by atoms with Gasteiger partial charge in [-0.05, 0) is 59.4 Å². The number of Topliss-reactive ketones (excluding diaryl/α,β-unsaturated/α-hetero) is 1. The second-order valence-electron chi connectivity index (χ2n) is 9.00. The van der Waals surface area contributed by atoms with Crippen LogP contribution >= 0.6 is 0 Å². The van der Waals surface area contributed by atoms with Gasteiger partial charge in [-0.25, -0.2) is 0 Å². The van der Waals surface area contributed by atoms with Gasteiger partial charge in [-0.3, -0.25) is 14.9 Å². The fraction of sp³-hybridized carbons (Fsp3) is 0.167. The van der Waals surface area contributed by atoms with Gasteiger partial charge in [-0.2, -0.15) is 5.10 Å². The van der Waals surface area contributed by atoms with Crippen LogP contribution in [0.1, 0.15) is 51.6 Å². The van der Waals surface area contributed by atoms with Crippen LogP contribution in [0.5, 0.6) is 0 Å². The molecule has 1 N–H and O–H groups in total. The summed E-state index contributed by atoms with van der Waals surface area (Å²) in [6, 6.07) is 24.4. The van der Waals surface area contributed by atoms with E-state index in [1.165, 1.54) is 11.1 Å². The highest BCUT2D eigenvalue weighted by molar-refractivity contribution is 5.90. The third-order valence-electron chi connectivity index (χ3n) is 6.88. The summed E-state index contributed by atoms with van der Waals surface area (Å²) in [4.78, 5) is 18.0. The van der Waals surface area contributed by atoms with E-state index < -0.39 is 0 Å². The van der Waals surface area contributed by atoms with Crippen molar-refractivity contribution in [2.24, 2.45) is 0 Å². The molecule has 0 bridgehead atoms. The molecule has 0 amide bonds. The lowest BCUT2D eigenvalue weighted by Gasteiger charge is -2.27. The molecule has 1 aliphatic carbocycles. The summed E-state index contributed by atoms with van der Waals surface area (Å²) in [6.07, 6.45) is 7.73. The van der Waals surface area contributed by atoms with Crippen LogP contribution in [-0.4, -0.2) is 21.0 Å². The molecule has 3 aromatic heterocycles. The first kappa shape index (κ1) is 21.3. The number of rotatable bonds is 7. The van der Waals surface area contributed by atoms with Gasteiger partial charge in [0.1, 0.15) is 11.5 Å². The van der Waals surface area contributed by atoms with Crippen LogP contribution in [0.25, 0.3) is 11.3 Å². The van der Waals surface area contributed by atoms with E-state index in [4.69, 9.17) is 4.42 Å². The van der Waals surface area contributed by atoms with Crippen molar-refractivity contribution in [3.8, 4) is 11.3 Å². The zero-order valence-electron chi connectivity index (χ0n) is 19.3. The van der Waals surface area contributed by atoms with Crippen molar-refractivity contribution in [1.29, 1.82) is 0 Å². The third-order valence-corrected chi connectivity index (χ3v) is 6.88. The molecule has 0 saturated heterocycles. The fourth-order valence-corrected chi connectivity index (χ4v) is 5.19. The van der Waals surface area contributed by atoms with Crippen LogP contribution in [0, 0.1) is 0 Å². The number of H-pyrrole nitrogens is 1. The zero-order chi connectivity index (χ0) is 23.6. The fourth-order valence-electron chi connectivity index (χ4n) is 5.19. The molecule has 0 aliphatic heterocycles. The zero-order valence-corrected chi connectivity index (χ0v) is 19.3. The lowest BCUT2D eigenvalue weighted by Crippen LogP contribution is -2.22. The molecule has 5 nitrogen and oxygen atoms in total. The van der Waals surface area contributed by atoms with E-state index in [0.717, 1.165) is 45.8 Å². The largest absolute Gasteiger partial charge is 0.469 e. The molecule has 0 saturated carbocycles. The van der Waals surface area contributed by atoms with E-state index in [2.05, 4.69) is 51.6 Å². The molecule has 1 aliphatic rings. The molecule has 5 aromatic rings. The highest BCUT2D eigenvalue weighted by atomic mass is 16.3. The monoisotopic (exact) mass is 459 g/mol. The molecule has 5 heteroatoms. The Morgan fingerprint density at radius 2 is 1.71 bits per heavy atom. The topological polar surface area (TPSA) is 71.8 Å². The van der Waals surface area contributed by atoms with E-state index in [1.807, 2.05) is 42.6 Å². The molecule has 3 heterocycles. The molecule has 0 radical (unpaired) electrons. The Hall–Kier alpha value is -4.25. The van der Waals surface area contributed by atoms with Gasteiger partial charge in [-0.15, -0.1) is 0 Å². The average Bonchev–Trinajstić information content (AvgIpc) is 3.56. The Labute approximate surface area is 203 Å². The van der Waals surface area contributed by atoms with Crippen LogP contribution < -0.4 is 0 Å². The SMILES string of the molecule is O=C(CCc1[nH]nc(-c2cccnc2)c1Cc1ccco1)C1c2ccccc2Cc2ccccc21. The van der Waals surface area contributed by atoms with Gasteiger partial charge in [0.25, 0.3) is 0 Å². The number of nitrogens with zero attached hydrogens (tertiary/aromatic N) is 2. The maximum atomic E-state index is 13.7. The van der Waals surface area contributed by atoms with Crippen LogP contribution in [-0.2, 0) is 24.1 Å². The van der Waals surface area contributed by atoms with Crippen molar-refractivity contribution in [2.45, 2.75) is 31.6 Å². The molecule has 6 rings (SSSR count). The number of hydrogen-bond acceptors (Lipinski definition) is 4. The van der Waals surface area contributed by atoms with Gasteiger partial charge in [0.2, 0.25) is 0 Å². The van der Waals surface area contributed by atoms with E-state index in [1.54, 1.807) is 12.5 Å². The Kier molecular flexibility index (Phi) is 5.59. The quantitative estimate of drug-likeness (QED) is 0.329. The molecule has 0 unspecified atom stereocenters. The molecule has 0 spiro atoms. The van der Waals surface area contributed by atoms with Gasteiger partial charge in [0.15, 0.2) is 0 Å². The second kappa shape index (κ2) is 9.18. The van der Waals surface area contributed by atoms with Crippen LogP contribution in [0.15, 0.2) is 95.9 Å². The standard InChI is InChI=1S/C30H25N3O2/c34-28(29-24-11-3-1-7-20(24)17-21-8-2-4-12-25(21)29)14-13-27-26(18-23-10-6-16-35-23)30(33-32-27)22-9-5-15-31-19-22/h1-12,15-16,19,29H,13-14,17-18H2,(H,32,33). The van der Waals surface area contributed by atoms with Crippen molar-refractivity contribution in [2.75, 3.05) is 0 Å². The summed E-state index contributed by atoms with van der Waals surface area (Å²) in [5.41, 5.74) is 8.55. The second-order valence-corrected chi connectivity index (χ2v) is 9.00. The number of carbonyl (C=O) groups excluding carboxylic acids is 1. The number of fused-ring (bicyclic) bond motifs is 2. The van der Waals surface area contributed by atoms with Gasteiger partial charge in [0, 0.05) is 42.1 Å². The summed E-state index contributed by atoms with van der Waals surface area (Å²) in [7, 11) is 0. The summed E-state index contributed by atoms with van der Waals surface area (Å²) < 4.78 is 5.63. The number of carbonyl (C=O) groups is 1. The van der Waals surface area contributed by atoms with Gasteiger partial charge in [-0.1, -0.05) is 48.5 Å². The number of furan rings is 1. The number of hydrogen-bond donors (Lipinski definition) is 1. The molecule has 172 valence electrons. The number of aromatic amines is 1. The maximum Gasteiger partial charge on any atom is 0.145 e. The predicted octanol–water partition coefficient (Wildman–Crippen LogP) is 5.89. The van der Waals surface area contributed by atoms with E-state index in [9.17, 15) is 4.79 Å². The predicted molar refractivity (Wildman–Crippen MR) is 134 cm³/mol. The highest BCUT2D eigenvalue weighted by Crippen LogP contribution is 2.38. The van der Waals surface area contributed by atoms with Crippen molar-refractivity contribution >= 4 is 5.78 Å². The first-order valence-corrected chi connectivity index (χ1v) is 11.9. The van der Waals surface area contributed by atoms with Gasteiger partial charge < -0.3 is 4.42 Å². The minimum absolute atomic E-state index is 0.228. The number of aromatic nitrogens is 3. The Morgan fingerprint density at radius 3 is 2.40 bits per heavy atom. The molecule has 0 fully saturated rings. The number of nitrogens with one attached hydrogen (secondary N) is 1. The van der Waals surface area contributed by atoms with Crippen LogP contribution in [0.2, 0.25) is 0 Å². The number of ketones is 1. The summed E-state index contributed by atoms with van der Waals surface area (Å²) in [6.45, 7) is 0. The lowest BCUT2D eigenvalue weighted by atomic mass is 9.75. The molecular weight excluding hydrogens is 434 g/mol. The average molecular weight is 460 g/mol. The Bertz CT molecular complexity index is 1420. The van der Waals surface area contributed by atoms with Crippen molar-refractivity contribution < 1.29 is 9.21 Å². The third kappa shape index (κ3) is 4.10. The van der Waals surface area contributed by atoms with E-state index in [0.29, 0.717) is 19.3 Å². The first-order valence-electron chi connectivity index (χ1n) is 11.9. The van der Waals surface area contributed by atoms with Gasteiger partial charge >= 0.3 is 0 Å².